The Morgan fingerprint density at radius 3 is 1.64 bits per heavy atom. The Morgan fingerprint density at radius 1 is 1.00 bits per heavy atom. The van der Waals surface area contributed by atoms with E-state index in [0.717, 1.165) is 12.4 Å². The first kappa shape index (κ1) is 9.71. The van der Waals surface area contributed by atoms with Gasteiger partial charge in [-0.15, -0.1) is 0 Å². The minimum atomic E-state index is -1.64. The third-order valence-electron chi connectivity index (χ3n) is 1.00. The van der Waals surface area contributed by atoms with Crippen LogP contribution in [-0.4, -0.2) is 32.5 Å². The number of rotatable bonds is 2. The van der Waals surface area contributed by atoms with E-state index < -0.39 is 24.1 Å². The van der Waals surface area contributed by atoms with Gasteiger partial charge in [0.25, 0.3) is 11.8 Å². The summed E-state index contributed by atoms with van der Waals surface area (Å²) in [6.45, 7) is 0. The topological polar surface area (TPSA) is 119 Å². The standard InChI is InChI=1S/C6H4N2O6/c9-5(10)13-3-4(14-6(11)12)8-2-1-7-3/h1-2H,(H,9,10)(H,11,12). The SMILES string of the molecule is O=C(O)Oc1nccnc1OC(=O)O. The van der Waals surface area contributed by atoms with Crippen LogP contribution in [0, 0.1) is 0 Å². The molecular formula is C6H4N2O6. The van der Waals surface area contributed by atoms with E-state index in [0.29, 0.717) is 0 Å². The second-order valence-electron chi connectivity index (χ2n) is 1.90. The summed E-state index contributed by atoms with van der Waals surface area (Å²) in [4.78, 5) is 27.1. The minimum Gasteiger partial charge on any atom is -0.449 e. The van der Waals surface area contributed by atoms with Gasteiger partial charge < -0.3 is 19.7 Å². The summed E-state index contributed by atoms with van der Waals surface area (Å²) in [5, 5.41) is 16.5. The molecule has 0 aliphatic heterocycles. The smallest absolute Gasteiger partial charge is 0.449 e. The monoisotopic (exact) mass is 200 g/mol. The normalized spacial score (nSPS) is 9.14. The van der Waals surface area contributed by atoms with Gasteiger partial charge in [-0.3, -0.25) is 0 Å². The van der Waals surface area contributed by atoms with Crippen molar-refractivity contribution in [2.24, 2.45) is 0 Å². The molecule has 8 heteroatoms. The lowest BCUT2D eigenvalue weighted by molar-refractivity contribution is 0.129. The molecule has 0 spiro atoms. The zero-order chi connectivity index (χ0) is 10.6. The van der Waals surface area contributed by atoms with Crippen molar-refractivity contribution in [3.05, 3.63) is 12.4 Å². The molecule has 0 radical (unpaired) electrons. The Bertz CT molecular complexity index is 330. The molecule has 0 aliphatic carbocycles. The molecule has 0 saturated heterocycles. The van der Waals surface area contributed by atoms with Gasteiger partial charge in [0, 0.05) is 12.4 Å². The van der Waals surface area contributed by atoms with E-state index in [1.165, 1.54) is 0 Å². The van der Waals surface area contributed by atoms with Crippen LogP contribution >= 0.6 is 0 Å². The molecule has 1 heterocycles. The summed E-state index contributed by atoms with van der Waals surface area (Å²) in [7, 11) is 0. The van der Waals surface area contributed by atoms with Crippen LogP contribution in [0.2, 0.25) is 0 Å². The molecule has 0 atom stereocenters. The fraction of sp³-hybridized carbons (Fsp3) is 0. The van der Waals surface area contributed by atoms with Gasteiger partial charge >= 0.3 is 12.3 Å². The molecule has 8 nitrogen and oxygen atoms in total. The number of hydrogen-bond acceptors (Lipinski definition) is 6. The lowest BCUT2D eigenvalue weighted by Crippen LogP contribution is -2.10. The molecule has 1 aromatic rings. The Kier molecular flexibility index (Phi) is 2.79. The number of aromatic nitrogens is 2. The van der Waals surface area contributed by atoms with Gasteiger partial charge in [0.15, 0.2) is 0 Å². The van der Waals surface area contributed by atoms with Gasteiger partial charge in [0.2, 0.25) is 0 Å². The van der Waals surface area contributed by atoms with Crippen LogP contribution < -0.4 is 9.47 Å². The van der Waals surface area contributed by atoms with Gasteiger partial charge in [0.05, 0.1) is 0 Å². The Labute approximate surface area is 76.7 Å². The molecule has 0 amide bonds. The van der Waals surface area contributed by atoms with Crippen LogP contribution in [0.3, 0.4) is 0 Å². The first-order valence-corrected chi connectivity index (χ1v) is 3.22. The molecule has 2 N–H and O–H groups in total. The zero-order valence-electron chi connectivity index (χ0n) is 6.58. The Morgan fingerprint density at radius 2 is 1.36 bits per heavy atom. The highest BCUT2D eigenvalue weighted by Gasteiger charge is 2.14. The van der Waals surface area contributed by atoms with Crippen molar-refractivity contribution in [3.8, 4) is 11.8 Å². The van der Waals surface area contributed by atoms with Crippen LogP contribution in [0.5, 0.6) is 11.8 Å². The van der Waals surface area contributed by atoms with Crippen molar-refractivity contribution < 1.29 is 29.3 Å². The van der Waals surface area contributed by atoms with E-state index in [2.05, 4.69) is 19.4 Å². The Balaban J connectivity index is 2.90. The van der Waals surface area contributed by atoms with Crippen molar-refractivity contribution in [2.75, 3.05) is 0 Å². The molecule has 0 fully saturated rings. The highest BCUT2D eigenvalue weighted by molar-refractivity contribution is 5.64. The van der Waals surface area contributed by atoms with Crippen LogP contribution in [0.4, 0.5) is 9.59 Å². The van der Waals surface area contributed by atoms with E-state index in [9.17, 15) is 9.59 Å². The molecule has 74 valence electrons. The maximum atomic E-state index is 10.1. The molecular weight excluding hydrogens is 196 g/mol. The van der Waals surface area contributed by atoms with Gasteiger partial charge in [-0.05, 0) is 0 Å². The van der Waals surface area contributed by atoms with Crippen LogP contribution in [-0.2, 0) is 0 Å². The number of ether oxygens (including phenoxy) is 2. The maximum absolute atomic E-state index is 10.1. The van der Waals surface area contributed by atoms with Crippen LogP contribution in [0.25, 0.3) is 0 Å². The van der Waals surface area contributed by atoms with Crippen molar-refractivity contribution in [2.45, 2.75) is 0 Å². The third kappa shape index (κ3) is 2.59. The highest BCUT2D eigenvalue weighted by Crippen LogP contribution is 2.19. The largest absolute Gasteiger partial charge is 0.512 e. The summed E-state index contributed by atoms with van der Waals surface area (Å²) in [6, 6.07) is 0. The van der Waals surface area contributed by atoms with E-state index in [4.69, 9.17) is 10.2 Å². The van der Waals surface area contributed by atoms with Crippen molar-refractivity contribution >= 4 is 12.3 Å². The number of carboxylic acid groups (broad SMARTS) is 2. The quantitative estimate of drug-likeness (QED) is 0.665. The summed E-state index contributed by atoms with van der Waals surface area (Å²) < 4.78 is 8.20. The Hall–Kier alpha value is -2.38. The summed E-state index contributed by atoms with van der Waals surface area (Å²) in [5.74, 6) is -1.05. The maximum Gasteiger partial charge on any atom is 0.512 e. The number of carbonyl (C=O) groups is 2. The highest BCUT2D eigenvalue weighted by atomic mass is 16.7. The molecule has 0 aliphatic rings. The molecule has 0 saturated carbocycles. The van der Waals surface area contributed by atoms with Gasteiger partial charge in [-0.2, -0.15) is 0 Å². The molecule has 0 unspecified atom stereocenters. The lowest BCUT2D eigenvalue weighted by Gasteiger charge is -2.02. The summed E-state index contributed by atoms with van der Waals surface area (Å²) in [5.41, 5.74) is 0. The van der Waals surface area contributed by atoms with Gasteiger partial charge in [0.1, 0.15) is 0 Å². The van der Waals surface area contributed by atoms with Gasteiger partial charge in [-0.25, -0.2) is 19.6 Å². The molecule has 0 aromatic carbocycles. The number of nitrogens with zero attached hydrogens (tertiary/aromatic N) is 2. The van der Waals surface area contributed by atoms with Gasteiger partial charge in [-0.1, -0.05) is 0 Å². The number of hydrogen-bond donors (Lipinski definition) is 2. The van der Waals surface area contributed by atoms with E-state index in [1.54, 1.807) is 0 Å². The van der Waals surface area contributed by atoms with E-state index >= 15 is 0 Å². The molecule has 1 aromatic heterocycles. The molecule has 14 heavy (non-hydrogen) atoms. The zero-order valence-corrected chi connectivity index (χ0v) is 6.58. The van der Waals surface area contributed by atoms with E-state index in [1.807, 2.05) is 0 Å². The predicted octanol–water partition coefficient (Wildman–Crippen LogP) is 0.590. The van der Waals surface area contributed by atoms with E-state index in [-0.39, 0.29) is 0 Å². The van der Waals surface area contributed by atoms with Crippen molar-refractivity contribution in [3.63, 3.8) is 0 Å². The fourth-order valence-electron chi connectivity index (χ4n) is 0.618. The van der Waals surface area contributed by atoms with Crippen LogP contribution in [0.15, 0.2) is 12.4 Å². The molecule has 0 bridgehead atoms. The second-order valence-corrected chi connectivity index (χ2v) is 1.90. The first-order chi connectivity index (χ1) is 6.59. The first-order valence-electron chi connectivity index (χ1n) is 3.22. The van der Waals surface area contributed by atoms with Crippen LogP contribution in [0.1, 0.15) is 0 Å². The summed E-state index contributed by atoms with van der Waals surface area (Å²) >= 11 is 0. The predicted molar refractivity (Wildman–Crippen MR) is 39.3 cm³/mol. The fourth-order valence-corrected chi connectivity index (χ4v) is 0.618. The second kappa shape index (κ2) is 4.03. The third-order valence-corrected chi connectivity index (χ3v) is 1.00. The summed E-state index contributed by atoms with van der Waals surface area (Å²) in [6.07, 6.45) is -1.01. The van der Waals surface area contributed by atoms with Crippen molar-refractivity contribution in [1.29, 1.82) is 0 Å². The lowest BCUT2D eigenvalue weighted by atomic mass is 10.7. The average Bonchev–Trinajstić information content (AvgIpc) is 2.06. The molecule has 1 rings (SSSR count). The minimum absolute atomic E-state index is 0.526. The van der Waals surface area contributed by atoms with Crippen molar-refractivity contribution in [1.82, 2.24) is 9.97 Å². The average molecular weight is 200 g/mol.